The summed E-state index contributed by atoms with van der Waals surface area (Å²) in [4.78, 5) is 11.6. The fourth-order valence-electron chi connectivity index (χ4n) is 1.63. The fraction of sp³-hybridized carbons (Fsp3) is 0.417. The third-order valence-electron chi connectivity index (χ3n) is 2.82. The maximum atomic E-state index is 12.4. The summed E-state index contributed by atoms with van der Waals surface area (Å²) in [6.07, 6.45) is 0. The van der Waals surface area contributed by atoms with Crippen molar-refractivity contribution in [2.45, 2.75) is 11.8 Å². The second kappa shape index (κ2) is 6.89. The van der Waals surface area contributed by atoms with Gasteiger partial charge in [-0.05, 0) is 34.1 Å². The van der Waals surface area contributed by atoms with Crippen LogP contribution in [0.2, 0.25) is 5.02 Å². The van der Waals surface area contributed by atoms with Gasteiger partial charge in [-0.2, -0.15) is 0 Å². The van der Waals surface area contributed by atoms with E-state index in [9.17, 15) is 13.2 Å². The van der Waals surface area contributed by atoms with Crippen LogP contribution in [0.1, 0.15) is 6.92 Å². The second-order valence-corrected chi connectivity index (χ2v) is 7.68. The quantitative estimate of drug-likeness (QED) is 0.847. The highest BCUT2D eigenvalue weighted by molar-refractivity contribution is 9.10. The Hall–Kier alpha value is -0.630. The van der Waals surface area contributed by atoms with Gasteiger partial charge in [-0.1, -0.05) is 18.5 Å². The average molecular weight is 384 g/mol. The van der Waals surface area contributed by atoms with Crippen molar-refractivity contribution < 1.29 is 13.2 Å². The molecule has 1 rings (SSSR count). The van der Waals surface area contributed by atoms with Gasteiger partial charge in [-0.15, -0.1) is 0 Å². The summed E-state index contributed by atoms with van der Waals surface area (Å²) in [5.74, 6) is -0.639. The van der Waals surface area contributed by atoms with Crippen molar-refractivity contribution in [2.75, 3.05) is 20.6 Å². The number of carbonyl (C=O) groups excluding carboxylic acids is 1. The Morgan fingerprint density at radius 3 is 2.60 bits per heavy atom. The molecule has 20 heavy (non-hydrogen) atoms. The number of nitrogens with zero attached hydrogens (tertiary/aromatic N) is 1. The molecule has 1 N–H and O–H groups in total. The summed E-state index contributed by atoms with van der Waals surface area (Å²) in [5, 5.41) is 2.93. The van der Waals surface area contributed by atoms with Gasteiger partial charge in [0.15, 0.2) is 0 Å². The summed E-state index contributed by atoms with van der Waals surface area (Å²) in [6.45, 7) is 1.77. The van der Waals surface area contributed by atoms with Gasteiger partial charge in [0.1, 0.15) is 0 Å². The first-order chi connectivity index (χ1) is 9.20. The highest BCUT2D eigenvalue weighted by Gasteiger charge is 2.25. The molecule has 1 aromatic rings. The minimum absolute atomic E-state index is 0.0995. The van der Waals surface area contributed by atoms with Gasteiger partial charge in [0.2, 0.25) is 15.9 Å². The molecule has 0 aliphatic rings. The lowest BCUT2D eigenvalue weighted by Gasteiger charge is -2.20. The van der Waals surface area contributed by atoms with E-state index in [1.165, 1.54) is 32.3 Å². The number of rotatable bonds is 5. The third kappa shape index (κ3) is 3.94. The van der Waals surface area contributed by atoms with Crippen LogP contribution < -0.4 is 5.32 Å². The summed E-state index contributed by atoms with van der Waals surface area (Å²) >= 11 is 9.04. The molecule has 5 nitrogen and oxygen atoms in total. The van der Waals surface area contributed by atoms with Gasteiger partial charge in [0, 0.05) is 31.0 Å². The van der Waals surface area contributed by atoms with Crippen molar-refractivity contribution in [3.05, 3.63) is 27.7 Å². The first kappa shape index (κ1) is 17.4. The zero-order valence-electron chi connectivity index (χ0n) is 11.4. The van der Waals surface area contributed by atoms with Crippen LogP contribution in [0, 0.1) is 5.92 Å². The maximum absolute atomic E-state index is 12.4. The number of nitrogens with one attached hydrogen (secondary N) is 1. The molecule has 0 fully saturated rings. The predicted molar refractivity (Wildman–Crippen MR) is 82.2 cm³/mol. The van der Waals surface area contributed by atoms with Crippen molar-refractivity contribution in [2.24, 2.45) is 5.92 Å². The molecular weight excluding hydrogens is 368 g/mol. The highest BCUT2D eigenvalue weighted by Crippen LogP contribution is 2.26. The van der Waals surface area contributed by atoms with Crippen LogP contribution >= 0.6 is 27.5 Å². The minimum atomic E-state index is -3.65. The van der Waals surface area contributed by atoms with Gasteiger partial charge < -0.3 is 5.32 Å². The van der Waals surface area contributed by atoms with Crippen LogP contribution in [0.25, 0.3) is 0 Å². The first-order valence-electron chi connectivity index (χ1n) is 5.83. The van der Waals surface area contributed by atoms with Crippen molar-refractivity contribution >= 4 is 43.5 Å². The van der Waals surface area contributed by atoms with Crippen molar-refractivity contribution in [3.8, 4) is 0 Å². The van der Waals surface area contributed by atoms with E-state index in [0.29, 0.717) is 9.50 Å². The van der Waals surface area contributed by atoms with Crippen LogP contribution in [-0.2, 0) is 14.8 Å². The molecule has 0 radical (unpaired) electrons. The predicted octanol–water partition coefficient (Wildman–Crippen LogP) is 2.11. The Balaban J connectivity index is 2.98. The van der Waals surface area contributed by atoms with Gasteiger partial charge in [0.25, 0.3) is 0 Å². The second-order valence-electron chi connectivity index (χ2n) is 4.38. The smallest absolute Gasteiger partial charge is 0.242 e. The van der Waals surface area contributed by atoms with Crippen LogP contribution in [0.3, 0.4) is 0 Å². The number of benzene rings is 1. The summed E-state index contributed by atoms with van der Waals surface area (Å²) < 4.78 is 26.4. The molecule has 112 valence electrons. The van der Waals surface area contributed by atoms with Crippen molar-refractivity contribution in [3.63, 3.8) is 0 Å². The van der Waals surface area contributed by atoms with Gasteiger partial charge in [0.05, 0.1) is 9.92 Å². The molecule has 0 spiro atoms. The molecule has 1 aromatic carbocycles. The van der Waals surface area contributed by atoms with Crippen molar-refractivity contribution in [1.29, 1.82) is 0 Å². The molecule has 0 aliphatic carbocycles. The number of amides is 1. The normalized spacial score (nSPS) is 13.3. The first-order valence-corrected chi connectivity index (χ1v) is 8.44. The molecule has 0 saturated carbocycles. The number of sulfonamides is 1. The van der Waals surface area contributed by atoms with Crippen molar-refractivity contribution in [1.82, 2.24) is 9.62 Å². The molecule has 0 saturated heterocycles. The van der Waals surface area contributed by atoms with E-state index in [-0.39, 0.29) is 17.3 Å². The molecule has 0 aliphatic heterocycles. The zero-order chi connectivity index (χ0) is 15.5. The Bertz CT molecular complexity index is 607. The number of hydrogen-bond donors (Lipinski definition) is 1. The molecule has 1 unspecified atom stereocenters. The van der Waals surface area contributed by atoms with E-state index in [1.54, 1.807) is 6.92 Å². The highest BCUT2D eigenvalue weighted by atomic mass is 79.9. The largest absolute Gasteiger partial charge is 0.359 e. The third-order valence-corrected chi connectivity index (χ3v) is 5.86. The molecule has 8 heteroatoms. The molecule has 0 aromatic heterocycles. The van der Waals surface area contributed by atoms with E-state index in [1.807, 2.05) is 0 Å². The Labute approximate surface area is 132 Å². The minimum Gasteiger partial charge on any atom is -0.359 e. The fourth-order valence-corrected chi connectivity index (χ4v) is 3.56. The van der Waals surface area contributed by atoms with Crippen LogP contribution in [0.15, 0.2) is 27.6 Å². The molecular formula is C12H16BrClN2O3S. The van der Waals surface area contributed by atoms with Crippen LogP contribution in [0.4, 0.5) is 0 Å². The van der Waals surface area contributed by atoms with E-state index >= 15 is 0 Å². The molecule has 0 heterocycles. The van der Waals surface area contributed by atoms with E-state index in [0.717, 1.165) is 4.31 Å². The number of carbonyl (C=O) groups is 1. The lowest BCUT2D eigenvalue weighted by molar-refractivity contribution is -0.124. The monoisotopic (exact) mass is 382 g/mol. The number of halogens is 2. The standard InChI is InChI=1S/C12H16BrClN2O3S/c1-8(12(17)15-2)7-16(3)20(18,19)9-4-5-11(14)10(13)6-9/h4-6,8H,7H2,1-3H3,(H,15,17). The summed E-state index contributed by atoms with van der Waals surface area (Å²) in [7, 11) is -0.691. The SMILES string of the molecule is CNC(=O)C(C)CN(C)S(=O)(=O)c1ccc(Cl)c(Br)c1. The Morgan fingerprint density at radius 1 is 1.50 bits per heavy atom. The Kier molecular flexibility index (Phi) is 6.00. The topological polar surface area (TPSA) is 66.5 Å². The molecule has 0 bridgehead atoms. The van der Waals surface area contributed by atoms with Crippen LogP contribution in [0.5, 0.6) is 0 Å². The van der Waals surface area contributed by atoms with Gasteiger partial charge in [-0.3, -0.25) is 4.79 Å². The van der Waals surface area contributed by atoms with E-state index in [4.69, 9.17) is 11.6 Å². The zero-order valence-corrected chi connectivity index (χ0v) is 14.5. The molecule has 1 atom stereocenters. The lowest BCUT2D eigenvalue weighted by Crippen LogP contribution is -2.37. The van der Waals surface area contributed by atoms with E-state index < -0.39 is 15.9 Å². The van der Waals surface area contributed by atoms with E-state index in [2.05, 4.69) is 21.2 Å². The lowest BCUT2D eigenvalue weighted by atomic mass is 10.2. The van der Waals surface area contributed by atoms with Gasteiger partial charge >= 0.3 is 0 Å². The molecule has 1 amide bonds. The average Bonchev–Trinajstić information content (AvgIpc) is 2.40. The van der Waals surface area contributed by atoms with Gasteiger partial charge in [-0.25, -0.2) is 12.7 Å². The maximum Gasteiger partial charge on any atom is 0.242 e. The van der Waals surface area contributed by atoms with Crippen LogP contribution in [-0.4, -0.2) is 39.3 Å². The summed E-state index contributed by atoms with van der Waals surface area (Å²) in [6, 6.07) is 4.39. The Morgan fingerprint density at radius 2 is 2.10 bits per heavy atom. The summed E-state index contributed by atoms with van der Waals surface area (Å²) in [5.41, 5.74) is 0. The number of hydrogen-bond acceptors (Lipinski definition) is 3.